The zero-order valence-corrected chi connectivity index (χ0v) is 8.33. The number of rotatable bonds is 3. The first kappa shape index (κ1) is 9.96. The Balaban J connectivity index is 2.46. The fraction of sp³-hybridized carbons (Fsp3) is 0.600. The van der Waals surface area contributed by atoms with Gasteiger partial charge in [-0.3, -0.25) is 9.79 Å². The highest BCUT2D eigenvalue weighted by Crippen LogP contribution is 2.24. The highest BCUT2D eigenvalue weighted by molar-refractivity contribution is 5.95. The van der Waals surface area contributed by atoms with Gasteiger partial charge in [0.1, 0.15) is 0 Å². The molecule has 0 amide bonds. The summed E-state index contributed by atoms with van der Waals surface area (Å²) >= 11 is 0. The quantitative estimate of drug-likeness (QED) is 0.622. The Labute approximate surface area is 78.5 Å². The van der Waals surface area contributed by atoms with Gasteiger partial charge in [0.25, 0.3) is 0 Å². The molecule has 3 nitrogen and oxygen atoms in total. The van der Waals surface area contributed by atoms with Gasteiger partial charge < -0.3 is 4.74 Å². The molecule has 0 spiro atoms. The summed E-state index contributed by atoms with van der Waals surface area (Å²) in [5.41, 5.74) is 0.825. The van der Waals surface area contributed by atoms with Gasteiger partial charge in [0.2, 0.25) is 0 Å². The smallest absolute Gasteiger partial charge is 0.305 e. The average molecular weight is 181 g/mol. The number of esters is 1. The van der Waals surface area contributed by atoms with Gasteiger partial charge in [-0.2, -0.15) is 0 Å². The van der Waals surface area contributed by atoms with Crippen LogP contribution in [0.15, 0.2) is 17.1 Å². The second-order valence-corrected chi connectivity index (χ2v) is 3.52. The van der Waals surface area contributed by atoms with Gasteiger partial charge >= 0.3 is 5.97 Å². The van der Waals surface area contributed by atoms with E-state index in [-0.39, 0.29) is 11.5 Å². The first-order valence-electron chi connectivity index (χ1n) is 4.38. The SMILES string of the molecule is COC(=O)CCC1(C)C=CC(C)=N1. The summed E-state index contributed by atoms with van der Waals surface area (Å²) in [7, 11) is 1.41. The number of aliphatic imine (C=N–C) groups is 1. The van der Waals surface area contributed by atoms with E-state index in [4.69, 9.17) is 0 Å². The molecule has 1 atom stereocenters. The number of allylic oxidation sites excluding steroid dienone is 1. The Morgan fingerprint density at radius 1 is 1.69 bits per heavy atom. The van der Waals surface area contributed by atoms with Gasteiger partial charge in [-0.15, -0.1) is 0 Å². The van der Waals surface area contributed by atoms with Crippen molar-refractivity contribution in [3.8, 4) is 0 Å². The Kier molecular flexibility index (Phi) is 2.86. The summed E-state index contributed by atoms with van der Waals surface area (Å²) in [6, 6.07) is 0. The van der Waals surface area contributed by atoms with Gasteiger partial charge in [0.15, 0.2) is 0 Å². The van der Waals surface area contributed by atoms with Crippen LogP contribution in [-0.4, -0.2) is 24.3 Å². The van der Waals surface area contributed by atoms with E-state index in [9.17, 15) is 4.79 Å². The molecule has 1 aliphatic heterocycles. The largest absolute Gasteiger partial charge is 0.469 e. The fourth-order valence-electron chi connectivity index (χ4n) is 1.37. The molecule has 3 heteroatoms. The Morgan fingerprint density at radius 3 is 2.85 bits per heavy atom. The van der Waals surface area contributed by atoms with Crippen molar-refractivity contribution in [3.05, 3.63) is 12.2 Å². The van der Waals surface area contributed by atoms with Crippen LogP contribution in [0.4, 0.5) is 0 Å². The van der Waals surface area contributed by atoms with Crippen molar-refractivity contribution in [2.75, 3.05) is 7.11 Å². The van der Waals surface area contributed by atoms with Crippen LogP contribution in [0.1, 0.15) is 26.7 Å². The molecular weight excluding hydrogens is 166 g/mol. The summed E-state index contributed by atoms with van der Waals surface area (Å²) < 4.78 is 4.57. The minimum Gasteiger partial charge on any atom is -0.469 e. The molecule has 0 radical (unpaired) electrons. The molecule has 0 N–H and O–H groups in total. The summed E-state index contributed by atoms with van der Waals surface area (Å²) in [6.45, 7) is 3.98. The van der Waals surface area contributed by atoms with Crippen LogP contribution in [0.25, 0.3) is 0 Å². The number of hydrogen-bond acceptors (Lipinski definition) is 3. The number of methoxy groups -OCH3 is 1. The standard InChI is InChI=1S/C10H15NO2/c1-8-4-6-10(2,11-8)7-5-9(12)13-3/h4,6H,5,7H2,1-3H3. The van der Waals surface area contributed by atoms with Crippen LogP contribution in [-0.2, 0) is 9.53 Å². The zero-order valence-electron chi connectivity index (χ0n) is 8.33. The molecule has 0 bridgehead atoms. The maximum absolute atomic E-state index is 10.9. The molecule has 1 heterocycles. The Morgan fingerprint density at radius 2 is 2.38 bits per heavy atom. The fourth-order valence-corrected chi connectivity index (χ4v) is 1.37. The van der Waals surface area contributed by atoms with Gasteiger partial charge in [0, 0.05) is 12.1 Å². The van der Waals surface area contributed by atoms with E-state index in [2.05, 4.69) is 9.73 Å². The van der Waals surface area contributed by atoms with Crippen LogP contribution in [0.2, 0.25) is 0 Å². The van der Waals surface area contributed by atoms with E-state index < -0.39 is 0 Å². The second kappa shape index (κ2) is 3.73. The lowest BCUT2D eigenvalue weighted by Crippen LogP contribution is -2.18. The van der Waals surface area contributed by atoms with Gasteiger partial charge in [0.05, 0.1) is 12.6 Å². The highest BCUT2D eigenvalue weighted by atomic mass is 16.5. The molecule has 0 aromatic heterocycles. The van der Waals surface area contributed by atoms with Crippen molar-refractivity contribution in [2.24, 2.45) is 4.99 Å². The molecule has 1 unspecified atom stereocenters. The number of carbonyl (C=O) groups excluding carboxylic acids is 1. The molecule has 0 fully saturated rings. The number of ether oxygens (including phenoxy) is 1. The van der Waals surface area contributed by atoms with Crippen LogP contribution >= 0.6 is 0 Å². The molecule has 72 valence electrons. The normalized spacial score (nSPS) is 25.9. The predicted octanol–water partition coefficient (Wildman–Crippen LogP) is 1.73. The summed E-state index contributed by atoms with van der Waals surface area (Å²) in [4.78, 5) is 15.3. The molecule has 0 saturated heterocycles. The molecule has 0 saturated carbocycles. The monoisotopic (exact) mass is 181 g/mol. The van der Waals surface area contributed by atoms with Crippen molar-refractivity contribution in [3.63, 3.8) is 0 Å². The molecule has 1 rings (SSSR count). The lowest BCUT2D eigenvalue weighted by Gasteiger charge is -2.17. The van der Waals surface area contributed by atoms with E-state index in [0.29, 0.717) is 12.8 Å². The van der Waals surface area contributed by atoms with Gasteiger partial charge in [-0.1, -0.05) is 6.08 Å². The van der Waals surface area contributed by atoms with Crippen LogP contribution in [0.3, 0.4) is 0 Å². The molecular formula is C10H15NO2. The Hall–Kier alpha value is -1.12. The Bertz CT molecular complexity index is 268. The molecule has 0 aromatic carbocycles. The summed E-state index contributed by atoms with van der Waals surface area (Å²) in [6.07, 6.45) is 5.16. The number of carbonyl (C=O) groups is 1. The number of hydrogen-bond donors (Lipinski definition) is 0. The maximum Gasteiger partial charge on any atom is 0.305 e. The van der Waals surface area contributed by atoms with Crippen molar-refractivity contribution in [2.45, 2.75) is 32.2 Å². The summed E-state index contributed by atoms with van der Waals surface area (Å²) in [5.74, 6) is -0.172. The van der Waals surface area contributed by atoms with Crippen molar-refractivity contribution >= 4 is 11.7 Å². The minimum atomic E-state index is -0.196. The lowest BCUT2D eigenvalue weighted by atomic mass is 9.98. The first-order valence-corrected chi connectivity index (χ1v) is 4.38. The zero-order chi connectivity index (χ0) is 9.90. The third-order valence-electron chi connectivity index (χ3n) is 2.18. The first-order chi connectivity index (χ1) is 6.06. The van der Waals surface area contributed by atoms with Crippen molar-refractivity contribution in [1.82, 2.24) is 0 Å². The maximum atomic E-state index is 10.9. The topological polar surface area (TPSA) is 38.7 Å². The third-order valence-corrected chi connectivity index (χ3v) is 2.18. The predicted molar refractivity (Wildman–Crippen MR) is 51.9 cm³/mol. The molecule has 13 heavy (non-hydrogen) atoms. The molecule has 0 aromatic rings. The highest BCUT2D eigenvalue weighted by Gasteiger charge is 2.24. The van der Waals surface area contributed by atoms with Crippen LogP contribution < -0.4 is 0 Å². The van der Waals surface area contributed by atoms with E-state index in [1.54, 1.807) is 0 Å². The van der Waals surface area contributed by atoms with E-state index in [0.717, 1.165) is 5.71 Å². The van der Waals surface area contributed by atoms with Gasteiger partial charge in [-0.25, -0.2) is 0 Å². The van der Waals surface area contributed by atoms with Crippen LogP contribution in [0, 0.1) is 0 Å². The third kappa shape index (κ3) is 2.68. The minimum absolute atomic E-state index is 0.172. The number of nitrogens with zero attached hydrogens (tertiary/aromatic N) is 1. The molecule has 1 aliphatic rings. The van der Waals surface area contributed by atoms with E-state index >= 15 is 0 Å². The van der Waals surface area contributed by atoms with Crippen molar-refractivity contribution in [1.29, 1.82) is 0 Å². The summed E-state index contributed by atoms with van der Waals surface area (Å²) in [5, 5.41) is 0. The van der Waals surface area contributed by atoms with E-state index in [1.165, 1.54) is 7.11 Å². The van der Waals surface area contributed by atoms with E-state index in [1.807, 2.05) is 26.0 Å². The van der Waals surface area contributed by atoms with Crippen molar-refractivity contribution < 1.29 is 9.53 Å². The second-order valence-electron chi connectivity index (χ2n) is 3.52. The lowest BCUT2D eigenvalue weighted by molar-refractivity contribution is -0.140. The van der Waals surface area contributed by atoms with Gasteiger partial charge in [-0.05, 0) is 26.3 Å². The average Bonchev–Trinajstić information content (AvgIpc) is 2.43. The van der Waals surface area contributed by atoms with Crippen LogP contribution in [0.5, 0.6) is 0 Å². The molecule has 0 aliphatic carbocycles.